The third-order valence-corrected chi connectivity index (χ3v) is 5.84. The van der Waals surface area contributed by atoms with Crippen molar-refractivity contribution in [2.24, 2.45) is 5.73 Å². The first kappa shape index (κ1) is 20.5. The average Bonchev–Trinajstić information content (AvgIpc) is 2.71. The van der Waals surface area contributed by atoms with E-state index in [-0.39, 0.29) is 28.9 Å². The molecule has 0 unspecified atom stereocenters. The van der Waals surface area contributed by atoms with Crippen LogP contribution in [0.15, 0.2) is 23.1 Å². The Morgan fingerprint density at radius 1 is 1.26 bits per heavy atom. The molecule has 1 aliphatic rings. The van der Waals surface area contributed by atoms with Gasteiger partial charge in [-0.05, 0) is 31.0 Å². The smallest absolute Gasteiger partial charge is 0.240 e. The van der Waals surface area contributed by atoms with Gasteiger partial charge in [-0.25, -0.2) is 13.1 Å². The summed E-state index contributed by atoms with van der Waals surface area (Å²) in [4.78, 5) is 0.121. The van der Waals surface area contributed by atoms with E-state index in [1.165, 1.54) is 32.1 Å². The first-order valence-corrected chi connectivity index (χ1v) is 9.34. The van der Waals surface area contributed by atoms with Gasteiger partial charge in [0, 0.05) is 12.1 Å². The summed E-state index contributed by atoms with van der Waals surface area (Å²) >= 11 is 5.99. The van der Waals surface area contributed by atoms with Crippen LogP contribution in [0.1, 0.15) is 38.5 Å². The molecule has 1 aliphatic carbocycles. The number of rotatable bonds is 5. The fourth-order valence-electron chi connectivity index (χ4n) is 2.75. The molecule has 0 radical (unpaired) electrons. The quantitative estimate of drug-likeness (QED) is 0.766. The maximum Gasteiger partial charge on any atom is 0.240 e. The standard InChI is InChI=1S/C15H23ClN2O3S.ClH/c1-21-14-7-6-12(10-13(14)16)22(19,20)18-11-15(17)8-4-2-3-5-9-15;/h6-7,10,18H,2-5,8-9,11,17H2,1H3;1H. The van der Waals surface area contributed by atoms with E-state index in [1.807, 2.05) is 0 Å². The van der Waals surface area contributed by atoms with Crippen LogP contribution in [0.3, 0.4) is 0 Å². The highest BCUT2D eigenvalue weighted by Crippen LogP contribution is 2.28. The number of methoxy groups -OCH3 is 1. The molecule has 0 amide bonds. The van der Waals surface area contributed by atoms with Crippen molar-refractivity contribution in [1.29, 1.82) is 0 Å². The maximum absolute atomic E-state index is 12.4. The number of benzene rings is 1. The van der Waals surface area contributed by atoms with Gasteiger partial charge in [0.25, 0.3) is 0 Å². The predicted molar refractivity (Wildman–Crippen MR) is 95.1 cm³/mol. The zero-order valence-electron chi connectivity index (χ0n) is 13.2. The minimum atomic E-state index is -3.63. The van der Waals surface area contributed by atoms with E-state index in [1.54, 1.807) is 6.07 Å². The summed E-state index contributed by atoms with van der Waals surface area (Å²) in [6.07, 6.45) is 6.12. The van der Waals surface area contributed by atoms with Crippen LogP contribution >= 0.6 is 24.0 Å². The van der Waals surface area contributed by atoms with Crippen LogP contribution in [0.25, 0.3) is 0 Å². The van der Waals surface area contributed by atoms with Crippen molar-refractivity contribution in [3.8, 4) is 5.75 Å². The van der Waals surface area contributed by atoms with Gasteiger partial charge < -0.3 is 10.5 Å². The molecule has 0 saturated heterocycles. The summed E-state index contributed by atoms with van der Waals surface area (Å²) < 4.78 is 32.4. The number of hydrogen-bond acceptors (Lipinski definition) is 4. The summed E-state index contributed by atoms with van der Waals surface area (Å²) in [5, 5.41) is 0.266. The zero-order valence-corrected chi connectivity index (χ0v) is 15.6. The summed E-state index contributed by atoms with van der Waals surface area (Å²) in [6, 6.07) is 4.41. The van der Waals surface area contributed by atoms with Gasteiger partial charge in [-0.2, -0.15) is 0 Å². The third kappa shape index (κ3) is 5.50. The Morgan fingerprint density at radius 2 is 1.87 bits per heavy atom. The molecule has 132 valence electrons. The molecule has 2 rings (SSSR count). The summed E-state index contributed by atoms with van der Waals surface area (Å²) in [7, 11) is -2.14. The molecule has 0 aliphatic heterocycles. The van der Waals surface area contributed by atoms with Crippen LogP contribution in [0.4, 0.5) is 0 Å². The third-order valence-electron chi connectivity index (χ3n) is 4.15. The Balaban J connectivity index is 0.00000264. The van der Waals surface area contributed by atoms with Crippen LogP contribution < -0.4 is 15.2 Å². The van der Waals surface area contributed by atoms with Gasteiger partial charge in [-0.1, -0.05) is 37.3 Å². The molecule has 1 aromatic carbocycles. The molecule has 0 heterocycles. The minimum absolute atomic E-state index is 0. The lowest BCUT2D eigenvalue weighted by atomic mass is 9.92. The van der Waals surface area contributed by atoms with E-state index in [0.29, 0.717) is 5.75 Å². The van der Waals surface area contributed by atoms with E-state index < -0.39 is 15.6 Å². The largest absolute Gasteiger partial charge is 0.495 e. The number of hydrogen-bond donors (Lipinski definition) is 2. The molecule has 3 N–H and O–H groups in total. The number of sulfonamides is 1. The molecular formula is C15H24Cl2N2O3S. The zero-order chi connectivity index (χ0) is 16.2. The second-order valence-electron chi connectivity index (χ2n) is 5.90. The van der Waals surface area contributed by atoms with Gasteiger partial charge in [0.2, 0.25) is 10.0 Å². The minimum Gasteiger partial charge on any atom is -0.495 e. The maximum atomic E-state index is 12.4. The lowest BCUT2D eigenvalue weighted by Crippen LogP contribution is -2.49. The number of ether oxygens (including phenoxy) is 1. The fraction of sp³-hybridized carbons (Fsp3) is 0.600. The molecule has 1 fully saturated rings. The van der Waals surface area contributed by atoms with E-state index >= 15 is 0 Å². The van der Waals surface area contributed by atoms with Crippen molar-refractivity contribution in [2.75, 3.05) is 13.7 Å². The molecule has 0 bridgehead atoms. The Labute approximate surface area is 149 Å². The molecule has 8 heteroatoms. The molecule has 23 heavy (non-hydrogen) atoms. The highest BCUT2D eigenvalue weighted by molar-refractivity contribution is 7.89. The van der Waals surface area contributed by atoms with Crippen LogP contribution in [0.2, 0.25) is 5.02 Å². The van der Waals surface area contributed by atoms with Crippen molar-refractivity contribution in [2.45, 2.75) is 49.0 Å². The SMILES string of the molecule is COc1ccc(S(=O)(=O)NCC2(N)CCCCCC2)cc1Cl.Cl. The lowest BCUT2D eigenvalue weighted by molar-refractivity contribution is 0.369. The van der Waals surface area contributed by atoms with Gasteiger partial charge in [-0.3, -0.25) is 0 Å². The van der Waals surface area contributed by atoms with Crippen LogP contribution in [-0.4, -0.2) is 27.6 Å². The second-order valence-corrected chi connectivity index (χ2v) is 8.07. The second kappa shape index (κ2) is 8.53. The molecule has 5 nitrogen and oxygen atoms in total. The Bertz CT molecular complexity index is 615. The van der Waals surface area contributed by atoms with Gasteiger partial charge in [-0.15, -0.1) is 12.4 Å². The number of nitrogens with one attached hydrogen (secondary N) is 1. The van der Waals surface area contributed by atoms with Crippen molar-refractivity contribution >= 4 is 34.0 Å². The molecular weight excluding hydrogens is 359 g/mol. The highest BCUT2D eigenvalue weighted by atomic mass is 35.5. The lowest BCUT2D eigenvalue weighted by Gasteiger charge is -2.28. The molecule has 1 saturated carbocycles. The fourth-order valence-corrected chi connectivity index (χ4v) is 4.23. The normalized spacial score (nSPS) is 17.9. The Morgan fingerprint density at radius 3 is 2.39 bits per heavy atom. The molecule has 1 aromatic rings. The number of nitrogens with two attached hydrogens (primary N) is 1. The van der Waals surface area contributed by atoms with Gasteiger partial charge in [0.05, 0.1) is 17.0 Å². The summed E-state index contributed by atoms with van der Waals surface area (Å²) in [6.45, 7) is 0.249. The predicted octanol–water partition coefficient (Wildman–Crippen LogP) is 3.10. The van der Waals surface area contributed by atoms with E-state index in [2.05, 4.69) is 4.72 Å². The van der Waals surface area contributed by atoms with Crippen molar-refractivity contribution in [3.63, 3.8) is 0 Å². The number of halogens is 2. The first-order valence-electron chi connectivity index (χ1n) is 7.48. The van der Waals surface area contributed by atoms with Crippen molar-refractivity contribution < 1.29 is 13.2 Å². The Kier molecular flexibility index (Phi) is 7.61. The van der Waals surface area contributed by atoms with Crippen LogP contribution in [0, 0.1) is 0 Å². The monoisotopic (exact) mass is 382 g/mol. The topological polar surface area (TPSA) is 81.4 Å². The van der Waals surface area contributed by atoms with Crippen molar-refractivity contribution in [1.82, 2.24) is 4.72 Å². The van der Waals surface area contributed by atoms with Gasteiger partial charge >= 0.3 is 0 Å². The summed E-state index contributed by atoms with van der Waals surface area (Å²) in [5.41, 5.74) is 5.89. The van der Waals surface area contributed by atoms with E-state index in [9.17, 15) is 8.42 Å². The van der Waals surface area contributed by atoms with Gasteiger partial charge in [0.15, 0.2) is 0 Å². The van der Waals surface area contributed by atoms with Crippen LogP contribution in [-0.2, 0) is 10.0 Å². The Hall–Kier alpha value is -0.530. The van der Waals surface area contributed by atoms with Crippen molar-refractivity contribution in [3.05, 3.63) is 23.2 Å². The highest BCUT2D eigenvalue weighted by Gasteiger charge is 2.28. The van der Waals surface area contributed by atoms with Gasteiger partial charge in [0.1, 0.15) is 5.75 Å². The van der Waals surface area contributed by atoms with E-state index in [4.69, 9.17) is 22.1 Å². The van der Waals surface area contributed by atoms with E-state index in [0.717, 1.165) is 25.7 Å². The average molecular weight is 383 g/mol. The summed E-state index contributed by atoms with van der Waals surface area (Å²) in [5.74, 6) is 0.444. The molecule has 0 spiro atoms. The molecule has 0 atom stereocenters. The van der Waals surface area contributed by atoms with Crippen LogP contribution in [0.5, 0.6) is 5.75 Å². The first-order chi connectivity index (χ1) is 10.4. The molecule has 0 aromatic heterocycles.